The second-order valence-electron chi connectivity index (χ2n) is 5.04. The van der Waals surface area contributed by atoms with Gasteiger partial charge in [-0.3, -0.25) is 4.79 Å². The third-order valence-electron chi connectivity index (χ3n) is 3.68. The van der Waals surface area contributed by atoms with Gasteiger partial charge < -0.3 is 11.1 Å². The molecule has 1 aliphatic carbocycles. The number of amides is 1. The van der Waals surface area contributed by atoms with E-state index < -0.39 is 23.2 Å². The van der Waals surface area contributed by atoms with Gasteiger partial charge in [-0.2, -0.15) is 11.8 Å². The average molecular weight is 300 g/mol. The summed E-state index contributed by atoms with van der Waals surface area (Å²) in [7, 11) is 0. The summed E-state index contributed by atoms with van der Waals surface area (Å²) in [6.07, 6.45) is 5.99. The molecule has 0 spiro atoms. The summed E-state index contributed by atoms with van der Waals surface area (Å²) in [4.78, 5) is 12.0. The van der Waals surface area contributed by atoms with Gasteiger partial charge in [0.25, 0.3) is 5.91 Å². The van der Waals surface area contributed by atoms with Crippen LogP contribution in [0.5, 0.6) is 0 Å². The Morgan fingerprint density at radius 1 is 1.25 bits per heavy atom. The highest BCUT2D eigenvalue weighted by Crippen LogP contribution is 2.27. The summed E-state index contributed by atoms with van der Waals surface area (Å²) in [5.74, 6) is -2.25. The smallest absolute Gasteiger partial charge is 0.251 e. The van der Waals surface area contributed by atoms with Gasteiger partial charge in [0.05, 0.1) is 0 Å². The van der Waals surface area contributed by atoms with Gasteiger partial charge in [-0.05, 0) is 44.1 Å². The third-order valence-corrected chi connectivity index (χ3v) is 4.82. The number of benzene rings is 1. The monoisotopic (exact) mass is 300 g/mol. The number of hydrogen-bond acceptors (Lipinski definition) is 3. The summed E-state index contributed by atoms with van der Waals surface area (Å²) < 4.78 is 26.7. The maximum absolute atomic E-state index is 13.3. The normalized spacial score (nSPS) is 22.6. The first-order valence-corrected chi connectivity index (χ1v) is 7.88. The van der Waals surface area contributed by atoms with E-state index >= 15 is 0 Å². The Balaban J connectivity index is 1.99. The summed E-state index contributed by atoms with van der Waals surface area (Å²) in [5.41, 5.74) is 4.60. The van der Waals surface area contributed by atoms with Gasteiger partial charge in [0.15, 0.2) is 0 Å². The van der Waals surface area contributed by atoms with Crippen LogP contribution in [0.3, 0.4) is 0 Å². The summed E-state index contributed by atoms with van der Waals surface area (Å²) in [6, 6.07) is 2.03. The summed E-state index contributed by atoms with van der Waals surface area (Å²) >= 11 is 1.84. The molecular weight excluding hydrogens is 282 g/mol. The molecule has 0 aliphatic heterocycles. The van der Waals surface area contributed by atoms with Gasteiger partial charge in [-0.25, -0.2) is 8.78 Å². The van der Waals surface area contributed by atoms with E-state index in [2.05, 4.69) is 11.6 Å². The fraction of sp³-hybridized carbons (Fsp3) is 0.500. The van der Waals surface area contributed by atoms with Gasteiger partial charge in [0.1, 0.15) is 17.3 Å². The van der Waals surface area contributed by atoms with Crippen LogP contribution in [-0.4, -0.2) is 23.5 Å². The highest BCUT2D eigenvalue weighted by Gasteiger charge is 2.22. The molecule has 0 bridgehead atoms. The molecule has 0 aromatic heterocycles. The lowest BCUT2D eigenvalue weighted by atomic mass is 9.94. The number of carbonyl (C=O) groups is 1. The Morgan fingerprint density at radius 2 is 1.80 bits per heavy atom. The maximum atomic E-state index is 13.3. The lowest BCUT2D eigenvalue weighted by Crippen LogP contribution is -2.38. The molecule has 0 heterocycles. The number of nitrogens with one attached hydrogen (secondary N) is 1. The predicted molar refractivity (Wildman–Crippen MR) is 77.8 cm³/mol. The van der Waals surface area contributed by atoms with Crippen molar-refractivity contribution in [2.75, 3.05) is 12.0 Å². The van der Waals surface area contributed by atoms with Crippen molar-refractivity contribution in [3.05, 3.63) is 29.3 Å². The minimum atomic E-state index is -0.902. The van der Waals surface area contributed by atoms with Crippen molar-refractivity contribution in [1.82, 2.24) is 5.32 Å². The minimum absolute atomic E-state index is 0.0267. The van der Waals surface area contributed by atoms with Crippen LogP contribution in [0.2, 0.25) is 0 Å². The van der Waals surface area contributed by atoms with Crippen LogP contribution in [0, 0.1) is 11.6 Å². The molecule has 0 atom stereocenters. The topological polar surface area (TPSA) is 55.1 Å². The van der Waals surface area contributed by atoms with Crippen LogP contribution in [0.15, 0.2) is 12.1 Å². The Morgan fingerprint density at radius 3 is 2.30 bits per heavy atom. The van der Waals surface area contributed by atoms with Gasteiger partial charge in [0.2, 0.25) is 0 Å². The Kier molecular flexibility index (Phi) is 4.86. The van der Waals surface area contributed by atoms with Gasteiger partial charge in [-0.1, -0.05) is 0 Å². The van der Waals surface area contributed by atoms with Crippen LogP contribution >= 0.6 is 11.8 Å². The zero-order chi connectivity index (χ0) is 14.7. The van der Waals surface area contributed by atoms with E-state index in [4.69, 9.17) is 5.73 Å². The molecule has 3 nitrogen and oxygen atoms in total. The Labute approximate surface area is 121 Å². The summed E-state index contributed by atoms with van der Waals surface area (Å²) in [5, 5.41) is 3.48. The number of anilines is 1. The van der Waals surface area contributed by atoms with E-state index in [0.29, 0.717) is 5.25 Å². The molecule has 0 radical (unpaired) electrons. The fourth-order valence-electron chi connectivity index (χ4n) is 2.43. The molecule has 6 heteroatoms. The van der Waals surface area contributed by atoms with E-state index in [1.807, 2.05) is 11.8 Å². The fourth-order valence-corrected chi connectivity index (χ4v) is 3.17. The Hall–Kier alpha value is -1.30. The molecule has 0 saturated heterocycles. The minimum Gasteiger partial charge on any atom is -0.394 e. The van der Waals surface area contributed by atoms with E-state index in [1.54, 1.807) is 0 Å². The number of nitrogen functional groups attached to an aromatic ring is 1. The van der Waals surface area contributed by atoms with E-state index in [1.165, 1.54) is 0 Å². The number of thioether (sulfide) groups is 1. The molecule has 1 aromatic carbocycles. The summed E-state index contributed by atoms with van der Waals surface area (Å²) in [6.45, 7) is 0. The second kappa shape index (κ2) is 6.43. The van der Waals surface area contributed by atoms with Crippen LogP contribution in [0.4, 0.5) is 14.5 Å². The first kappa shape index (κ1) is 15.1. The number of halogens is 2. The molecule has 2 rings (SSSR count). The number of carbonyl (C=O) groups excluding carboxylic acids is 1. The molecule has 0 unspecified atom stereocenters. The maximum Gasteiger partial charge on any atom is 0.251 e. The van der Waals surface area contributed by atoms with Crippen molar-refractivity contribution in [3.8, 4) is 0 Å². The van der Waals surface area contributed by atoms with E-state index in [9.17, 15) is 13.6 Å². The molecule has 1 aliphatic rings. The highest BCUT2D eigenvalue weighted by atomic mass is 32.2. The SMILES string of the molecule is CSC1CCC(NC(=O)c2cc(F)c(N)c(F)c2)CC1. The average Bonchev–Trinajstić information content (AvgIpc) is 2.45. The van der Waals surface area contributed by atoms with Crippen molar-refractivity contribution >= 4 is 23.4 Å². The number of rotatable bonds is 3. The largest absolute Gasteiger partial charge is 0.394 e. The lowest BCUT2D eigenvalue weighted by molar-refractivity contribution is 0.0927. The Bertz CT molecular complexity index is 479. The van der Waals surface area contributed by atoms with Crippen molar-refractivity contribution in [2.45, 2.75) is 37.0 Å². The lowest BCUT2D eigenvalue weighted by Gasteiger charge is -2.28. The zero-order valence-electron chi connectivity index (χ0n) is 11.3. The van der Waals surface area contributed by atoms with Crippen molar-refractivity contribution in [3.63, 3.8) is 0 Å². The van der Waals surface area contributed by atoms with Crippen LogP contribution in [0.25, 0.3) is 0 Å². The molecular formula is C14H18F2N2OS. The number of nitrogens with two attached hydrogens (primary N) is 1. The van der Waals surface area contributed by atoms with E-state index in [-0.39, 0.29) is 11.6 Å². The molecule has 3 N–H and O–H groups in total. The van der Waals surface area contributed by atoms with Gasteiger partial charge >= 0.3 is 0 Å². The molecule has 1 fully saturated rings. The molecule has 110 valence electrons. The quantitative estimate of drug-likeness (QED) is 0.844. The van der Waals surface area contributed by atoms with Crippen LogP contribution < -0.4 is 11.1 Å². The third kappa shape index (κ3) is 3.42. The molecule has 1 aromatic rings. The first-order chi connectivity index (χ1) is 9.51. The second-order valence-corrected chi connectivity index (χ2v) is 6.17. The molecule has 1 saturated carbocycles. The standard InChI is InChI=1S/C14H18F2N2OS/c1-20-10-4-2-9(3-5-10)18-14(19)8-6-11(15)13(17)12(16)7-8/h6-7,9-10H,2-5,17H2,1H3,(H,18,19). The van der Waals surface area contributed by atoms with Gasteiger partial charge in [-0.15, -0.1) is 0 Å². The van der Waals surface area contributed by atoms with E-state index in [0.717, 1.165) is 37.8 Å². The predicted octanol–water partition coefficient (Wildman–Crippen LogP) is 2.95. The first-order valence-electron chi connectivity index (χ1n) is 6.59. The van der Waals surface area contributed by atoms with Crippen molar-refractivity contribution < 1.29 is 13.6 Å². The van der Waals surface area contributed by atoms with Crippen molar-refractivity contribution in [2.24, 2.45) is 0 Å². The van der Waals surface area contributed by atoms with Crippen molar-refractivity contribution in [1.29, 1.82) is 0 Å². The van der Waals surface area contributed by atoms with Crippen LogP contribution in [-0.2, 0) is 0 Å². The highest BCUT2D eigenvalue weighted by molar-refractivity contribution is 7.99. The van der Waals surface area contributed by atoms with Gasteiger partial charge in [0, 0.05) is 16.9 Å². The zero-order valence-corrected chi connectivity index (χ0v) is 12.1. The molecule has 20 heavy (non-hydrogen) atoms. The molecule has 1 amide bonds. The van der Waals surface area contributed by atoms with Crippen LogP contribution in [0.1, 0.15) is 36.0 Å². The number of hydrogen-bond donors (Lipinski definition) is 2.